The van der Waals surface area contributed by atoms with E-state index in [1.807, 2.05) is 0 Å². The molecule has 1 aliphatic heterocycles. The summed E-state index contributed by atoms with van der Waals surface area (Å²) >= 11 is 1.45. The van der Waals surface area contributed by atoms with E-state index in [1.54, 1.807) is 0 Å². The van der Waals surface area contributed by atoms with Gasteiger partial charge in [0.05, 0.1) is 5.44 Å². The quantitative estimate of drug-likeness (QED) is 0.520. The van der Waals surface area contributed by atoms with Crippen molar-refractivity contribution < 1.29 is 9.90 Å². The summed E-state index contributed by atoms with van der Waals surface area (Å²) in [6.45, 7) is 0. The van der Waals surface area contributed by atoms with E-state index < -0.39 is 0 Å². The zero-order valence-corrected chi connectivity index (χ0v) is 5.23. The van der Waals surface area contributed by atoms with E-state index in [4.69, 9.17) is 5.11 Å². The number of thioether (sulfide) groups is 1. The first kappa shape index (κ1) is 6.11. The number of hydrogen-bond acceptors (Lipinski definition) is 3. The number of aliphatic hydroxyl groups is 1. The van der Waals surface area contributed by atoms with Gasteiger partial charge in [0.25, 0.3) is 0 Å². The Morgan fingerprint density at radius 2 is 2.50 bits per heavy atom. The molecule has 1 N–H and O–H groups in total. The van der Waals surface area contributed by atoms with E-state index in [1.165, 1.54) is 11.8 Å². The SMILES string of the molecule is O=CC1CSC(O)C1. The Kier molecular flexibility index (Phi) is 1.91. The van der Waals surface area contributed by atoms with Crippen LogP contribution in [0.2, 0.25) is 0 Å². The van der Waals surface area contributed by atoms with Crippen molar-refractivity contribution in [1.29, 1.82) is 0 Å². The van der Waals surface area contributed by atoms with Crippen molar-refractivity contribution in [1.82, 2.24) is 0 Å². The molecule has 0 amide bonds. The number of carbonyl (C=O) groups excluding carboxylic acids is 1. The fourth-order valence-corrected chi connectivity index (χ4v) is 1.79. The number of rotatable bonds is 1. The van der Waals surface area contributed by atoms with Gasteiger partial charge in [-0.2, -0.15) is 0 Å². The molecule has 1 fully saturated rings. The van der Waals surface area contributed by atoms with Crippen molar-refractivity contribution in [2.45, 2.75) is 11.9 Å². The fraction of sp³-hybridized carbons (Fsp3) is 0.800. The highest BCUT2D eigenvalue weighted by atomic mass is 32.2. The van der Waals surface area contributed by atoms with Gasteiger partial charge in [-0.15, -0.1) is 11.8 Å². The standard InChI is InChI=1S/C5H8O2S/c6-2-4-1-5(7)8-3-4/h2,4-5,7H,1,3H2. The first-order valence-corrected chi connectivity index (χ1v) is 3.63. The predicted octanol–water partition coefficient (Wildman–Crippen LogP) is 0.257. The molecule has 1 aliphatic rings. The van der Waals surface area contributed by atoms with Gasteiger partial charge < -0.3 is 9.90 Å². The average molecular weight is 132 g/mol. The van der Waals surface area contributed by atoms with Crippen molar-refractivity contribution >= 4 is 18.0 Å². The fourth-order valence-electron chi connectivity index (χ4n) is 0.725. The molecule has 3 heteroatoms. The van der Waals surface area contributed by atoms with Crippen LogP contribution in [0.25, 0.3) is 0 Å². The highest BCUT2D eigenvalue weighted by molar-refractivity contribution is 8.00. The largest absolute Gasteiger partial charge is 0.382 e. The number of aldehydes is 1. The van der Waals surface area contributed by atoms with Gasteiger partial charge in [0.1, 0.15) is 6.29 Å². The number of carbonyl (C=O) groups is 1. The molecule has 1 saturated heterocycles. The lowest BCUT2D eigenvalue weighted by molar-refractivity contribution is -0.110. The van der Waals surface area contributed by atoms with Crippen molar-refractivity contribution in [2.24, 2.45) is 5.92 Å². The summed E-state index contributed by atoms with van der Waals surface area (Å²) < 4.78 is 0. The minimum atomic E-state index is -0.287. The zero-order chi connectivity index (χ0) is 5.98. The molecule has 2 nitrogen and oxygen atoms in total. The Morgan fingerprint density at radius 1 is 1.75 bits per heavy atom. The van der Waals surface area contributed by atoms with Crippen LogP contribution in [0.15, 0.2) is 0 Å². The lowest BCUT2D eigenvalue weighted by atomic mass is 10.1. The zero-order valence-electron chi connectivity index (χ0n) is 4.41. The monoisotopic (exact) mass is 132 g/mol. The van der Waals surface area contributed by atoms with Gasteiger partial charge in [-0.25, -0.2) is 0 Å². The van der Waals surface area contributed by atoms with E-state index in [-0.39, 0.29) is 11.4 Å². The molecular weight excluding hydrogens is 124 g/mol. The molecule has 8 heavy (non-hydrogen) atoms. The third kappa shape index (κ3) is 1.23. The van der Waals surface area contributed by atoms with Crippen LogP contribution in [0.3, 0.4) is 0 Å². The summed E-state index contributed by atoms with van der Waals surface area (Å²) in [5, 5.41) is 8.83. The normalized spacial score (nSPS) is 37.6. The van der Waals surface area contributed by atoms with E-state index in [0.717, 1.165) is 12.0 Å². The summed E-state index contributed by atoms with van der Waals surface area (Å²) in [7, 11) is 0. The minimum absolute atomic E-state index is 0.106. The van der Waals surface area contributed by atoms with Gasteiger partial charge in [-0.1, -0.05) is 0 Å². The van der Waals surface area contributed by atoms with Gasteiger partial charge in [-0.05, 0) is 6.42 Å². The highest BCUT2D eigenvalue weighted by Crippen LogP contribution is 2.27. The summed E-state index contributed by atoms with van der Waals surface area (Å²) in [5.41, 5.74) is -0.287. The molecule has 0 saturated carbocycles. The maximum absolute atomic E-state index is 10.0. The van der Waals surface area contributed by atoms with Crippen LogP contribution in [0.1, 0.15) is 6.42 Å². The van der Waals surface area contributed by atoms with Gasteiger partial charge >= 0.3 is 0 Å². The molecule has 0 bridgehead atoms. The average Bonchev–Trinajstić information content (AvgIpc) is 2.14. The maximum Gasteiger partial charge on any atom is 0.124 e. The maximum atomic E-state index is 10.0. The highest BCUT2D eigenvalue weighted by Gasteiger charge is 2.21. The molecule has 1 heterocycles. The second kappa shape index (κ2) is 2.51. The first-order valence-electron chi connectivity index (χ1n) is 2.58. The molecule has 1 rings (SSSR count). The Bertz CT molecular complexity index is 94.4. The topological polar surface area (TPSA) is 37.3 Å². The lowest BCUT2D eigenvalue weighted by Crippen LogP contribution is -2.00. The van der Waals surface area contributed by atoms with Crippen molar-refractivity contribution in [3.05, 3.63) is 0 Å². The van der Waals surface area contributed by atoms with Crippen LogP contribution >= 0.6 is 11.8 Å². The molecule has 0 spiro atoms. The van der Waals surface area contributed by atoms with Crippen molar-refractivity contribution in [3.8, 4) is 0 Å². The summed E-state index contributed by atoms with van der Waals surface area (Å²) in [5.74, 6) is 0.903. The minimum Gasteiger partial charge on any atom is -0.382 e. The predicted molar refractivity (Wildman–Crippen MR) is 32.6 cm³/mol. The van der Waals surface area contributed by atoms with E-state index in [0.29, 0.717) is 6.42 Å². The number of aliphatic hydroxyl groups excluding tert-OH is 1. The smallest absolute Gasteiger partial charge is 0.124 e. The molecule has 2 atom stereocenters. The Hall–Kier alpha value is -0.0200. The number of hydrogen-bond donors (Lipinski definition) is 1. The molecule has 0 aliphatic carbocycles. The Labute approximate surface area is 52.3 Å². The van der Waals surface area contributed by atoms with Crippen LogP contribution < -0.4 is 0 Å². The third-order valence-electron chi connectivity index (χ3n) is 1.20. The molecule has 0 radical (unpaired) electrons. The Morgan fingerprint density at radius 3 is 2.75 bits per heavy atom. The molecule has 0 aromatic rings. The van der Waals surface area contributed by atoms with Crippen LogP contribution in [-0.2, 0) is 4.79 Å². The van der Waals surface area contributed by atoms with Crippen LogP contribution in [0.4, 0.5) is 0 Å². The van der Waals surface area contributed by atoms with E-state index in [2.05, 4.69) is 0 Å². The molecule has 46 valence electrons. The van der Waals surface area contributed by atoms with Gasteiger partial charge in [-0.3, -0.25) is 0 Å². The van der Waals surface area contributed by atoms with Crippen molar-refractivity contribution in [2.75, 3.05) is 5.75 Å². The molecular formula is C5H8O2S. The first-order chi connectivity index (χ1) is 3.83. The second-order valence-corrected chi connectivity index (χ2v) is 3.13. The third-order valence-corrected chi connectivity index (χ3v) is 2.40. The second-order valence-electron chi connectivity index (χ2n) is 1.92. The summed E-state index contributed by atoms with van der Waals surface area (Å²) in [6.07, 6.45) is 1.57. The van der Waals surface area contributed by atoms with Crippen LogP contribution in [-0.4, -0.2) is 22.6 Å². The van der Waals surface area contributed by atoms with Gasteiger partial charge in [0.15, 0.2) is 0 Å². The summed E-state index contributed by atoms with van der Waals surface area (Å²) in [6, 6.07) is 0. The van der Waals surface area contributed by atoms with E-state index in [9.17, 15) is 4.79 Å². The van der Waals surface area contributed by atoms with Crippen LogP contribution in [0.5, 0.6) is 0 Å². The van der Waals surface area contributed by atoms with Gasteiger partial charge in [0.2, 0.25) is 0 Å². The Balaban J connectivity index is 2.32. The molecule has 2 unspecified atom stereocenters. The molecule has 0 aromatic carbocycles. The van der Waals surface area contributed by atoms with Crippen LogP contribution in [0, 0.1) is 5.92 Å². The summed E-state index contributed by atoms with van der Waals surface area (Å²) in [4.78, 5) is 10.0. The van der Waals surface area contributed by atoms with Gasteiger partial charge in [0, 0.05) is 11.7 Å². The molecule has 0 aromatic heterocycles. The van der Waals surface area contributed by atoms with E-state index >= 15 is 0 Å². The van der Waals surface area contributed by atoms with Crippen molar-refractivity contribution in [3.63, 3.8) is 0 Å². The lowest BCUT2D eigenvalue weighted by Gasteiger charge is -1.93.